The van der Waals surface area contributed by atoms with Crippen molar-refractivity contribution >= 4 is 17.6 Å². The van der Waals surface area contributed by atoms with Crippen LogP contribution >= 0.6 is 0 Å². The number of alkyl carbamates (subject to hydrolysis) is 1. The third-order valence-corrected chi connectivity index (χ3v) is 7.01. The van der Waals surface area contributed by atoms with Crippen molar-refractivity contribution in [3.05, 3.63) is 84.1 Å². The van der Waals surface area contributed by atoms with Gasteiger partial charge in [0.2, 0.25) is 0 Å². The Hall–Kier alpha value is -4.13. The van der Waals surface area contributed by atoms with Crippen LogP contribution in [0, 0.1) is 0 Å². The number of imidazole rings is 1. The first-order chi connectivity index (χ1) is 18.5. The largest absolute Gasteiger partial charge is 0.444 e. The second-order valence-corrected chi connectivity index (χ2v) is 11.6. The molecule has 202 valence electrons. The fourth-order valence-electron chi connectivity index (χ4n) is 5.06. The van der Waals surface area contributed by atoms with Crippen LogP contribution in [0.25, 0.3) is 28.2 Å². The fraction of sp³-hybridized carbons (Fsp3) is 0.344. The Bertz CT molecular complexity index is 1490. The van der Waals surface area contributed by atoms with E-state index in [0.29, 0.717) is 5.56 Å². The van der Waals surface area contributed by atoms with Crippen LogP contribution in [0.1, 0.15) is 69.8 Å². The number of rotatable bonds is 6. The number of pyridine rings is 1. The summed E-state index contributed by atoms with van der Waals surface area (Å²) in [4.78, 5) is 30.3. The van der Waals surface area contributed by atoms with E-state index in [4.69, 9.17) is 9.72 Å². The maximum absolute atomic E-state index is 12.8. The lowest BCUT2D eigenvalue weighted by atomic mass is 9.71. The van der Waals surface area contributed by atoms with Crippen LogP contribution in [0.15, 0.2) is 72.9 Å². The normalized spacial score (nSPS) is 14.6. The van der Waals surface area contributed by atoms with Gasteiger partial charge in [-0.2, -0.15) is 0 Å². The number of nitrogens with one attached hydrogen (secondary N) is 2. The van der Waals surface area contributed by atoms with Crippen LogP contribution in [-0.4, -0.2) is 33.0 Å². The van der Waals surface area contributed by atoms with E-state index in [2.05, 4.69) is 47.0 Å². The van der Waals surface area contributed by atoms with Gasteiger partial charge in [-0.1, -0.05) is 54.6 Å². The molecule has 0 atom stereocenters. The zero-order chi connectivity index (χ0) is 27.8. The molecule has 1 aliphatic carbocycles. The van der Waals surface area contributed by atoms with Crippen molar-refractivity contribution in [2.75, 3.05) is 0 Å². The standard InChI is InChI=1S/C32H36N4O3/c1-21(2)33-29(37)24-14-17-26-34-27(28(36(26)20-24)23-10-7-6-8-11-23)22-12-15-25(16-13-22)32(18-9-19-32)35-30(38)39-31(3,4)5/h6-8,10-17,20-21H,9,18-19H2,1-5H3,(H,33,37)(H,35,38). The minimum absolute atomic E-state index is 0.0439. The number of hydrogen-bond acceptors (Lipinski definition) is 4. The molecular formula is C32H36N4O3. The summed E-state index contributed by atoms with van der Waals surface area (Å²) in [5, 5.41) is 6.10. The highest BCUT2D eigenvalue weighted by Gasteiger charge is 2.41. The molecule has 5 rings (SSSR count). The highest BCUT2D eigenvalue weighted by Crippen LogP contribution is 2.42. The summed E-state index contributed by atoms with van der Waals surface area (Å²) < 4.78 is 7.53. The number of hydrogen-bond donors (Lipinski definition) is 2. The molecule has 0 bridgehead atoms. The Labute approximate surface area is 229 Å². The molecule has 2 amide bonds. The number of amides is 2. The van der Waals surface area contributed by atoms with Gasteiger partial charge in [-0.15, -0.1) is 0 Å². The number of aromatic nitrogens is 2. The van der Waals surface area contributed by atoms with E-state index >= 15 is 0 Å². The molecule has 4 aromatic rings. The summed E-state index contributed by atoms with van der Waals surface area (Å²) in [7, 11) is 0. The summed E-state index contributed by atoms with van der Waals surface area (Å²) in [5.74, 6) is -0.117. The predicted octanol–water partition coefficient (Wildman–Crippen LogP) is 6.71. The van der Waals surface area contributed by atoms with Gasteiger partial charge in [0.25, 0.3) is 5.91 Å². The van der Waals surface area contributed by atoms with Gasteiger partial charge in [0.05, 0.1) is 22.5 Å². The van der Waals surface area contributed by atoms with Crippen molar-refractivity contribution < 1.29 is 14.3 Å². The van der Waals surface area contributed by atoms with E-state index < -0.39 is 17.2 Å². The number of ether oxygens (including phenoxy) is 1. The summed E-state index contributed by atoms with van der Waals surface area (Å²) in [6, 6.07) is 22.1. The van der Waals surface area contributed by atoms with Crippen molar-refractivity contribution in [2.24, 2.45) is 0 Å². The van der Waals surface area contributed by atoms with Crippen LogP contribution in [-0.2, 0) is 10.3 Å². The number of carbonyl (C=O) groups excluding carboxylic acids is 2. The van der Waals surface area contributed by atoms with Crippen molar-refractivity contribution in [1.29, 1.82) is 0 Å². The summed E-state index contributed by atoms with van der Waals surface area (Å²) >= 11 is 0. The molecule has 0 unspecified atom stereocenters. The summed E-state index contributed by atoms with van der Waals surface area (Å²) in [6.07, 6.45) is 4.26. The molecule has 1 fully saturated rings. The van der Waals surface area contributed by atoms with Crippen LogP contribution in [0.3, 0.4) is 0 Å². The van der Waals surface area contributed by atoms with E-state index in [1.165, 1.54) is 0 Å². The first-order valence-electron chi connectivity index (χ1n) is 13.6. The number of nitrogens with zero attached hydrogens (tertiary/aromatic N) is 2. The Morgan fingerprint density at radius 3 is 2.23 bits per heavy atom. The summed E-state index contributed by atoms with van der Waals surface area (Å²) in [6.45, 7) is 9.50. The number of carbonyl (C=O) groups is 2. The zero-order valence-electron chi connectivity index (χ0n) is 23.2. The smallest absolute Gasteiger partial charge is 0.408 e. The lowest BCUT2D eigenvalue weighted by Crippen LogP contribution is -2.52. The average Bonchev–Trinajstić information content (AvgIpc) is 3.24. The van der Waals surface area contributed by atoms with Crippen molar-refractivity contribution in [1.82, 2.24) is 20.0 Å². The molecule has 1 aliphatic rings. The Morgan fingerprint density at radius 1 is 0.949 bits per heavy atom. The Kier molecular flexibility index (Phi) is 6.93. The Balaban J connectivity index is 1.53. The van der Waals surface area contributed by atoms with Crippen LogP contribution in [0.4, 0.5) is 4.79 Å². The highest BCUT2D eigenvalue weighted by atomic mass is 16.6. The van der Waals surface area contributed by atoms with Crippen LogP contribution in [0.5, 0.6) is 0 Å². The SMILES string of the molecule is CC(C)NC(=O)c1ccc2nc(-c3ccc(C4(NC(=O)OC(C)(C)C)CCC4)cc3)c(-c3ccccc3)n2c1. The molecule has 2 aromatic carbocycles. The number of benzene rings is 2. The molecular weight excluding hydrogens is 488 g/mol. The average molecular weight is 525 g/mol. The maximum Gasteiger partial charge on any atom is 0.408 e. The zero-order valence-corrected chi connectivity index (χ0v) is 23.2. The van der Waals surface area contributed by atoms with Crippen LogP contribution < -0.4 is 10.6 Å². The van der Waals surface area contributed by atoms with E-state index in [9.17, 15) is 9.59 Å². The van der Waals surface area contributed by atoms with E-state index in [1.807, 2.05) is 75.5 Å². The minimum Gasteiger partial charge on any atom is -0.444 e. The quantitative estimate of drug-likeness (QED) is 0.294. The topological polar surface area (TPSA) is 84.7 Å². The molecule has 7 nitrogen and oxygen atoms in total. The van der Waals surface area contributed by atoms with Crippen molar-refractivity contribution in [3.63, 3.8) is 0 Å². The molecule has 0 spiro atoms. The predicted molar refractivity (Wildman–Crippen MR) is 154 cm³/mol. The molecule has 0 radical (unpaired) electrons. The first kappa shape index (κ1) is 26.5. The second kappa shape index (κ2) is 10.2. The molecule has 2 heterocycles. The van der Waals surface area contributed by atoms with Gasteiger partial charge in [-0.05, 0) is 71.6 Å². The molecule has 0 saturated heterocycles. The van der Waals surface area contributed by atoms with E-state index in [1.54, 1.807) is 0 Å². The molecule has 0 aliphatic heterocycles. The van der Waals surface area contributed by atoms with Crippen molar-refractivity contribution in [3.8, 4) is 22.5 Å². The van der Waals surface area contributed by atoms with Gasteiger partial charge in [0.15, 0.2) is 0 Å². The maximum atomic E-state index is 12.8. The minimum atomic E-state index is -0.550. The van der Waals surface area contributed by atoms with Crippen molar-refractivity contribution in [2.45, 2.75) is 71.1 Å². The molecule has 7 heteroatoms. The first-order valence-corrected chi connectivity index (χ1v) is 13.6. The molecule has 2 N–H and O–H groups in total. The number of fused-ring (bicyclic) bond motifs is 1. The third-order valence-electron chi connectivity index (χ3n) is 7.01. The lowest BCUT2D eigenvalue weighted by Gasteiger charge is -2.43. The molecule has 1 saturated carbocycles. The van der Waals surface area contributed by atoms with Gasteiger partial charge in [0.1, 0.15) is 11.2 Å². The summed E-state index contributed by atoms with van der Waals surface area (Å²) in [5.41, 5.74) is 5.14. The highest BCUT2D eigenvalue weighted by molar-refractivity contribution is 5.95. The second-order valence-electron chi connectivity index (χ2n) is 11.6. The monoisotopic (exact) mass is 524 g/mol. The van der Waals surface area contributed by atoms with Gasteiger partial charge in [-0.3, -0.25) is 9.20 Å². The van der Waals surface area contributed by atoms with E-state index in [-0.39, 0.29) is 11.9 Å². The Morgan fingerprint density at radius 2 is 1.64 bits per heavy atom. The van der Waals surface area contributed by atoms with Crippen LogP contribution in [0.2, 0.25) is 0 Å². The van der Waals surface area contributed by atoms with E-state index in [0.717, 1.165) is 53.0 Å². The third kappa shape index (κ3) is 5.53. The van der Waals surface area contributed by atoms with Gasteiger partial charge in [0, 0.05) is 23.4 Å². The lowest BCUT2D eigenvalue weighted by molar-refractivity contribution is 0.0377. The fourth-order valence-corrected chi connectivity index (χ4v) is 5.06. The molecule has 2 aromatic heterocycles. The van der Waals surface area contributed by atoms with Gasteiger partial charge >= 0.3 is 6.09 Å². The molecule has 39 heavy (non-hydrogen) atoms. The van der Waals surface area contributed by atoms with Gasteiger partial charge in [-0.25, -0.2) is 9.78 Å². The van der Waals surface area contributed by atoms with Gasteiger partial charge < -0.3 is 15.4 Å².